The van der Waals surface area contributed by atoms with Crippen LogP contribution in [-0.2, 0) is 9.53 Å². The van der Waals surface area contributed by atoms with Gasteiger partial charge in [-0.15, -0.1) is 0 Å². The standard InChI is InChI=1S/C17H17F5N2O4S/c1-8-12(14(25)28-7-16(18,19)17(20,21)22)13(24-15(29)23-8)10-6-9(26-2)4-5-11(10)27-3/h4-6,13H,7H2,1-3H3,(H2,23,24,29)/t13-/m1/s1. The highest BCUT2D eigenvalue weighted by Crippen LogP contribution is 2.38. The minimum atomic E-state index is -5.85. The first-order valence-electron chi connectivity index (χ1n) is 8.03. The highest BCUT2D eigenvalue weighted by molar-refractivity contribution is 7.80. The average Bonchev–Trinajstić information content (AvgIpc) is 2.64. The number of rotatable bonds is 6. The van der Waals surface area contributed by atoms with Gasteiger partial charge in [-0.1, -0.05) is 0 Å². The van der Waals surface area contributed by atoms with Crippen molar-refractivity contribution in [1.29, 1.82) is 0 Å². The van der Waals surface area contributed by atoms with Crippen molar-refractivity contribution in [3.63, 3.8) is 0 Å². The third kappa shape index (κ3) is 4.86. The summed E-state index contributed by atoms with van der Waals surface area (Å²) in [4.78, 5) is 12.5. The first kappa shape index (κ1) is 22.7. The van der Waals surface area contributed by atoms with Gasteiger partial charge in [-0.25, -0.2) is 4.79 Å². The maximum atomic E-state index is 13.1. The normalized spacial score (nSPS) is 17.4. The third-order valence-corrected chi connectivity index (χ3v) is 4.26. The second-order valence-corrected chi connectivity index (χ2v) is 6.36. The zero-order valence-corrected chi connectivity index (χ0v) is 16.3. The van der Waals surface area contributed by atoms with Gasteiger partial charge in [0.1, 0.15) is 11.5 Å². The van der Waals surface area contributed by atoms with Gasteiger partial charge < -0.3 is 24.8 Å². The molecule has 1 aliphatic heterocycles. The maximum absolute atomic E-state index is 13.1. The van der Waals surface area contributed by atoms with Crippen LogP contribution in [-0.4, -0.2) is 44.0 Å². The number of carbonyl (C=O) groups is 1. The highest BCUT2D eigenvalue weighted by Gasteiger charge is 2.58. The predicted molar refractivity (Wildman–Crippen MR) is 95.8 cm³/mol. The van der Waals surface area contributed by atoms with Crippen LogP contribution in [0.15, 0.2) is 29.5 Å². The number of ether oxygens (including phenoxy) is 3. The molecule has 1 aromatic carbocycles. The number of hydrogen-bond acceptors (Lipinski definition) is 5. The molecular weight excluding hydrogens is 423 g/mol. The number of allylic oxidation sites excluding steroid dienone is 1. The molecule has 1 heterocycles. The summed E-state index contributed by atoms with van der Waals surface area (Å²) in [7, 11) is 2.77. The molecule has 0 spiro atoms. The summed E-state index contributed by atoms with van der Waals surface area (Å²) in [6, 6.07) is 3.59. The van der Waals surface area contributed by atoms with Gasteiger partial charge in [-0.2, -0.15) is 22.0 Å². The van der Waals surface area contributed by atoms with Crippen LogP contribution in [0.2, 0.25) is 0 Å². The van der Waals surface area contributed by atoms with E-state index in [4.69, 9.17) is 21.7 Å². The van der Waals surface area contributed by atoms with E-state index in [2.05, 4.69) is 15.4 Å². The number of benzene rings is 1. The lowest BCUT2D eigenvalue weighted by Crippen LogP contribution is -2.46. The Morgan fingerprint density at radius 1 is 1.17 bits per heavy atom. The van der Waals surface area contributed by atoms with E-state index >= 15 is 0 Å². The Morgan fingerprint density at radius 2 is 1.83 bits per heavy atom. The zero-order valence-electron chi connectivity index (χ0n) is 15.4. The van der Waals surface area contributed by atoms with Gasteiger partial charge in [0.25, 0.3) is 0 Å². The molecule has 0 fully saturated rings. The first-order chi connectivity index (χ1) is 13.4. The summed E-state index contributed by atoms with van der Waals surface area (Å²) in [6.07, 6.45) is -5.85. The molecule has 0 bridgehead atoms. The van der Waals surface area contributed by atoms with E-state index in [1.54, 1.807) is 6.07 Å². The Morgan fingerprint density at radius 3 is 2.38 bits per heavy atom. The van der Waals surface area contributed by atoms with Gasteiger partial charge in [0.05, 0.1) is 25.8 Å². The minimum absolute atomic E-state index is 0.106. The van der Waals surface area contributed by atoms with Crippen molar-refractivity contribution in [2.24, 2.45) is 0 Å². The second kappa shape index (κ2) is 8.39. The van der Waals surface area contributed by atoms with E-state index in [-0.39, 0.29) is 16.4 Å². The van der Waals surface area contributed by atoms with E-state index < -0.39 is 30.7 Å². The molecule has 29 heavy (non-hydrogen) atoms. The molecule has 1 aromatic rings. The van der Waals surface area contributed by atoms with E-state index in [1.807, 2.05) is 0 Å². The van der Waals surface area contributed by atoms with E-state index in [9.17, 15) is 26.7 Å². The Balaban J connectivity index is 2.41. The summed E-state index contributed by atoms with van der Waals surface area (Å²) in [5, 5.41) is 5.49. The number of hydrogen-bond donors (Lipinski definition) is 2. The number of halogens is 5. The van der Waals surface area contributed by atoms with E-state index in [0.717, 1.165) is 0 Å². The molecule has 1 aliphatic rings. The quantitative estimate of drug-likeness (QED) is 0.400. The maximum Gasteiger partial charge on any atom is 0.456 e. The zero-order chi connectivity index (χ0) is 22.0. The third-order valence-electron chi connectivity index (χ3n) is 4.04. The van der Waals surface area contributed by atoms with Crippen molar-refractivity contribution < 1.29 is 41.0 Å². The molecule has 2 N–H and O–H groups in total. The van der Waals surface area contributed by atoms with Gasteiger partial charge in [0.2, 0.25) is 0 Å². The highest BCUT2D eigenvalue weighted by atomic mass is 32.1. The van der Waals surface area contributed by atoms with Gasteiger partial charge in [-0.3, -0.25) is 0 Å². The monoisotopic (exact) mass is 440 g/mol. The molecule has 0 saturated carbocycles. The first-order valence-corrected chi connectivity index (χ1v) is 8.44. The molecular formula is C17H17F5N2O4S. The lowest BCUT2D eigenvalue weighted by Gasteiger charge is -2.31. The molecule has 0 saturated heterocycles. The smallest absolute Gasteiger partial charge is 0.456 e. The van der Waals surface area contributed by atoms with Crippen molar-refractivity contribution in [3.8, 4) is 11.5 Å². The van der Waals surface area contributed by atoms with Crippen molar-refractivity contribution in [2.45, 2.75) is 25.1 Å². The van der Waals surface area contributed by atoms with Crippen molar-refractivity contribution in [3.05, 3.63) is 35.0 Å². The van der Waals surface area contributed by atoms with Crippen LogP contribution in [0.4, 0.5) is 22.0 Å². The molecule has 6 nitrogen and oxygen atoms in total. The topological polar surface area (TPSA) is 68.8 Å². The predicted octanol–water partition coefficient (Wildman–Crippen LogP) is 3.24. The number of alkyl halides is 5. The SMILES string of the molecule is COc1ccc(OC)c([C@H]2NC(=S)NC(C)=C2C(=O)OCC(F)(F)C(F)(F)F)c1. The fraction of sp³-hybridized carbons (Fsp3) is 0.412. The van der Waals surface area contributed by atoms with Crippen LogP contribution in [0.3, 0.4) is 0 Å². The average molecular weight is 440 g/mol. The number of esters is 1. The fourth-order valence-electron chi connectivity index (χ4n) is 2.58. The largest absolute Gasteiger partial charge is 0.497 e. The lowest BCUT2D eigenvalue weighted by atomic mass is 9.94. The summed E-state index contributed by atoms with van der Waals surface area (Å²) >= 11 is 5.06. The van der Waals surface area contributed by atoms with Crippen LogP contribution < -0.4 is 20.1 Å². The van der Waals surface area contributed by atoms with Crippen LogP contribution in [0, 0.1) is 0 Å². The molecule has 0 aliphatic carbocycles. The Hall–Kier alpha value is -2.63. The van der Waals surface area contributed by atoms with Gasteiger partial charge in [0.15, 0.2) is 11.7 Å². The molecule has 0 radical (unpaired) electrons. The molecule has 0 unspecified atom stereocenters. The van der Waals surface area contributed by atoms with Gasteiger partial charge in [0, 0.05) is 11.3 Å². The summed E-state index contributed by atoms with van der Waals surface area (Å²) in [6.45, 7) is -0.746. The number of thiocarbonyl (C=S) groups is 1. The molecule has 1 atom stereocenters. The van der Waals surface area contributed by atoms with Crippen LogP contribution >= 0.6 is 12.2 Å². The van der Waals surface area contributed by atoms with Gasteiger partial charge >= 0.3 is 18.1 Å². The van der Waals surface area contributed by atoms with Crippen molar-refractivity contribution in [2.75, 3.05) is 20.8 Å². The van der Waals surface area contributed by atoms with E-state index in [1.165, 1.54) is 33.3 Å². The molecule has 0 amide bonds. The van der Waals surface area contributed by atoms with E-state index in [0.29, 0.717) is 17.1 Å². The number of carbonyl (C=O) groups excluding carboxylic acids is 1. The van der Waals surface area contributed by atoms with Crippen molar-refractivity contribution >= 4 is 23.3 Å². The molecule has 160 valence electrons. The summed E-state index contributed by atoms with van der Waals surface area (Å²) < 4.78 is 78.0. The van der Waals surface area contributed by atoms with Crippen molar-refractivity contribution in [1.82, 2.24) is 10.6 Å². The molecule has 12 heteroatoms. The second-order valence-electron chi connectivity index (χ2n) is 5.96. The lowest BCUT2D eigenvalue weighted by molar-refractivity contribution is -0.293. The Bertz CT molecular complexity index is 842. The summed E-state index contributed by atoms with van der Waals surface area (Å²) in [5.41, 5.74) is 0.233. The minimum Gasteiger partial charge on any atom is -0.497 e. The number of methoxy groups -OCH3 is 2. The fourth-order valence-corrected chi connectivity index (χ4v) is 2.85. The molecule has 2 rings (SSSR count). The Labute approximate surface area is 168 Å². The Kier molecular flexibility index (Phi) is 6.56. The van der Waals surface area contributed by atoms with Gasteiger partial charge in [-0.05, 0) is 37.3 Å². The molecule has 0 aromatic heterocycles. The van der Waals surface area contributed by atoms with Crippen LogP contribution in [0.1, 0.15) is 18.5 Å². The van der Waals surface area contributed by atoms with Crippen LogP contribution in [0.5, 0.6) is 11.5 Å². The summed E-state index contributed by atoms with van der Waals surface area (Å²) in [5.74, 6) is -5.87. The number of nitrogens with one attached hydrogen (secondary N) is 2. The van der Waals surface area contributed by atoms with Crippen LogP contribution in [0.25, 0.3) is 0 Å².